The van der Waals surface area contributed by atoms with E-state index in [9.17, 15) is 18.5 Å². The maximum Gasteiger partial charge on any atom is 0.309 e. The molecule has 6 nitrogen and oxygen atoms in total. The number of nitrogens with zero attached hydrogens (tertiary/aromatic N) is 2. The molecule has 1 aliphatic rings. The van der Waals surface area contributed by atoms with E-state index in [1.807, 2.05) is 60.7 Å². The summed E-state index contributed by atoms with van der Waals surface area (Å²) in [7, 11) is -3.78. The van der Waals surface area contributed by atoms with E-state index >= 15 is 0 Å². The zero-order chi connectivity index (χ0) is 23.3. The largest absolute Gasteiger partial charge is 0.461 e. The number of ether oxygens (including phenoxy) is 1. The van der Waals surface area contributed by atoms with Gasteiger partial charge in [-0.1, -0.05) is 66.7 Å². The number of carbonyl (C=O) groups excluding carboxylic acids is 1. The van der Waals surface area contributed by atoms with E-state index in [4.69, 9.17) is 4.74 Å². The summed E-state index contributed by atoms with van der Waals surface area (Å²) in [6.45, 7) is 0.614. The topological polar surface area (TPSA) is 87.5 Å². The molecule has 0 unspecified atom stereocenters. The molecule has 0 amide bonds. The van der Waals surface area contributed by atoms with Gasteiger partial charge in [-0.15, -0.1) is 0 Å². The Bertz CT molecular complexity index is 1260. The van der Waals surface area contributed by atoms with Crippen molar-refractivity contribution in [3.05, 3.63) is 90.0 Å². The number of esters is 1. The zero-order valence-electron chi connectivity index (χ0n) is 18.1. The van der Waals surface area contributed by atoms with Gasteiger partial charge in [0.2, 0.25) is 10.0 Å². The molecule has 0 N–H and O–H groups in total. The monoisotopic (exact) mass is 460 g/mol. The van der Waals surface area contributed by atoms with Gasteiger partial charge in [0.25, 0.3) is 0 Å². The van der Waals surface area contributed by atoms with Crippen LogP contribution in [0, 0.1) is 17.2 Å². The molecule has 7 heteroatoms. The number of piperidine rings is 1. The van der Waals surface area contributed by atoms with Crippen molar-refractivity contribution >= 4 is 16.0 Å². The first kappa shape index (κ1) is 22.7. The van der Waals surface area contributed by atoms with Crippen molar-refractivity contribution in [2.24, 2.45) is 5.92 Å². The van der Waals surface area contributed by atoms with E-state index in [0.29, 0.717) is 12.8 Å². The van der Waals surface area contributed by atoms with Crippen molar-refractivity contribution < 1.29 is 17.9 Å². The highest BCUT2D eigenvalue weighted by Gasteiger charge is 2.33. The van der Waals surface area contributed by atoms with Crippen molar-refractivity contribution in [3.63, 3.8) is 0 Å². The van der Waals surface area contributed by atoms with Gasteiger partial charge in [0.1, 0.15) is 12.7 Å². The summed E-state index contributed by atoms with van der Waals surface area (Å²) in [6.07, 6.45) is 0.777. The Morgan fingerprint density at radius 1 is 0.909 bits per heavy atom. The summed E-state index contributed by atoms with van der Waals surface area (Å²) in [4.78, 5) is 12.6. The normalized spacial score (nSPS) is 15.0. The van der Waals surface area contributed by atoms with Crippen LogP contribution in [0.25, 0.3) is 11.1 Å². The molecule has 0 spiro atoms. The number of benzene rings is 3. The molecular formula is C26H24N2O4S. The van der Waals surface area contributed by atoms with E-state index in [0.717, 1.165) is 16.7 Å². The smallest absolute Gasteiger partial charge is 0.309 e. The van der Waals surface area contributed by atoms with Crippen LogP contribution in [0.2, 0.25) is 0 Å². The van der Waals surface area contributed by atoms with Gasteiger partial charge in [0.05, 0.1) is 16.4 Å². The van der Waals surface area contributed by atoms with Crippen LogP contribution in [0.1, 0.15) is 24.0 Å². The zero-order valence-corrected chi connectivity index (χ0v) is 18.9. The van der Waals surface area contributed by atoms with E-state index < -0.39 is 10.0 Å². The Labute approximate surface area is 194 Å². The highest BCUT2D eigenvalue weighted by atomic mass is 32.2. The average Bonchev–Trinajstić information content (AvgIpc) is 2.88. The van der Waals surface area contributed by atoms with Gasteiger partial charge in [-0.25, -0.2) is 8.42 Å². The second-order valence-electron chi connectivity index (χ2n) is 7.96. The summed E-state index contributed by atoms with van der Waals surface area (Å²) in [5, 5.41) is 9.23. The maximum atomic E-state index is 12.9. The first-order valence-corrected chi connectivity index (χ1v) is 12.2. The molecule has 1 heterocycles. The number of nitriles is 1. The fourth-order valence-electron chi connectivity index (χ4n) is 3.95. The van der Waals surface area contributed by atoms with Crippen LogP contribution in [-0.2, 0) is 26.2 Å². The van der Waals surface area contributed by atoms with Crippen LogP contribution >= 0.6 is 0 Å². The molecule has 3 aromatic carbocycles. The molecule has 4 rings (SSSR count). The highest BCUT2D eigenvalue weighted by Crippen LogP contribution is 2.27. The summed E-state index contributed by atoms with van der Waals surface area (Å²) < 4.78 is 32.7. The number of sulfonamides is 1. The Balaban J connectivity index is 1.31. The van der Waals surface area contributed by atoms with Gasteiger partial charge in [-0.2, -0.15) is 9.57 Å². The highest BCUT2D eigenvalue weighted by molar-refractivity contribution is 7.89. The molecule has 0 aromatic heterocycles. The van der Waals surface area contributed by atoms with Crippen molar-refractivity contribution in [2.75, 3.05) is 13.1 Å². The molecule has 1 saturated heterocycles. The molecule has 0 radical (unpaired) electrons. The standard InChI is InChI=1S/C26H24N2O4S/c27-18-24-8-4-5-9-25(24)33(30,31)28-16-14-23(15-17-28)26(29)32-19-20-10-12-22(13-11-20)21-6-2-1-3-7-21/h1-13,23H,14-17,19H2. The minimum atomic E-state index is -3.78. The van der Waals surface area contributed by atoms with Crippen molar-refractivity contribution in [2.45, 2.75) is 24.3 Å². The van der Waals surface area contributed by atoms with Gasteiger partial charge in [-0.3, -0.25) is 4.79 Å². The molecule has 3 aromatic rings. The van der Waals surface area contributed by atoms with Crippen LogP contribution in [0.4, 0.5) is 0 Å². The van der Waals surface area contributed by atoms with Crippen LogP contribution < -0.4 is 0 Å². The lowest BCUT2D eigenvalue weighted by atomic mass is 9.98. The number of hydrogen-bond donors (Lipinski definition) is 0. The van der Waals surface area contributed by atoms with E-state index in [1.54, 1.807) is 12.1 Å². The third-order valence-corrected chi connectivity index (χ3v) is 7.81. The lowest BCUT2D eigenvalue weighted by Crippen LogP contribution is -2.40. The summed E-state index contributed by atoms with van der Waals surface area (Å²) in [5.41, 5.74) is 3.24. The van der Waals surface area contributed by atoms with Crippen LogP contribution in [0.3, 0.4) is 0 Å². The van der Waals surface area contributed by atoms with Crippen LogP contribution in [0.5, 0.6) is 0 Å². The first-order valence-electron chi connectivity index (χ1n) is 10.8. The van der Waals surface area contributed by atoms with E-state index in [1.165, 1.54) is 16.4 Å². The first-order chi connectivity index (χ1) is 16.0. The second-order valence-corrected chi connectivity index (χ2v) is 9.86. The number of rotatable bonds is 6. The minimum absolute atomic E-state index is 0.00692. The minimum Gasteiger partial charge on any atom is -0.461 e. The lowest BCUT2D eigenvalue weighted by Gasteiger charge is -2.30. The summed E-state index contributed by atoms with van der Waals surface area (Å²) >= 11 is 0. The van der Waals surface area contributed by atoms with Crippen molar-refractivity contribution in [1.29, 1.82) is 5.26 Å². The SMILES string of the molecule is N#Cc1ccccc1S(=O)(=O)N1CCC(C(=O)OCc2ccc(-c3ccccc3)cc2)CC1. The predicted molar refractivity (Wildman–Crippen MR) is 124 cm³/mol. The third-order valence-electron chi connectivity index (χ3n) is 5.85. The molecule has 0 atom stereocenters. The summed E-state index contributed by atoms with van der Waals surface area (Å²) in [5.74, 6) is -0.650. The Hall–Kier alpha value is -3.47. The second kappa shape index (κ2) is 9.99. The summed E-state index contributed by atoms with van der Waals surface area (Å²) in [6, 6.07) is 26.0. The fraction of sp³-hybridized carbons (Fsp3) is 0.231. The van der Waals surface area contributed by atoms with Gasteiger partial charge >= 0.3 is 5.97 Å². The molecular weight excluding hydrogens is 436 g/mol. The third kappa shape index (κ3) is 5.14. The predicted octanol–water partition coefficient (Wildman–Crippen LogP) is 4.37. The lowest BCUT2D eigenvalue weighted by molar-refractivity contribution is -0.151. The van der Waals surface area contributed by atoms with Crippen LogP contribution in [-0.4, -0.2) is 31.8 Å². The Morgan fingerprint density at radius 2 is 1.52 bits per heavy atom. The molecule has 0 saturated carbocycles. The number of carbonyl (C=O) groups is 1. The van der Waals surface area contributed by atoms with Crippen LogP contribution in [0.15, 0.2) is 83.8 Å². The van der Waals surface area contributed by atoms with Gasteiger partial charge < -0.3 is 4.74 Å². The molecule has 33 heavy (non-hydrogen) atoms. The number of hydrogen-bond acceptors (Lipinski definition) is 5. The Kier molecular flexibility index (Phi) is 6.87. The average molecular weight is 461 g/mol. The van der Waals surface area contributed by atoms with Crippen molar-refractivity contribution in [3.8, 4) is 17.2 Å². The quantitative estimate of drug-likeness (QED) is 0.510. The van der Waals surface area contributed by atoms with E-state index in [2.05, 4.69) is 0 Å². The van der Waals surface area contributed by atoms with Gasteiger partial charge in [-0.05, 0) is 41.7 Å². The van der Waals surface area contributed by atoms with Crippen molar-refractivity contribution in [1.82, 2.24) is 4.31 Å². The maximum absolute atomic E-state index is 12.9. The molecule has 168 valence electrons. The molecule has 1 fully saturated rings. The molecule has 1 aliphatic heterocycles. The Morgan fingerprint density at radius 3 is 2.18 bits per heavy atom. The molecule has 0 bridgehead atoms. The fourth-order valence-corrected chi connectivity index (χ4v) is 5.56. The molecule has 0 aliphatic carbocycles. The van der Waals surface area contributed by atoms with Gasteiger partial charge in [0.15, 0.2) is 0 Å². The van der Waals surface area contributed by atoms with Gasteiger partial charge in [0, 0.05) is 13.1 Å². The van der Waals surface area contributed by atoms with E-state index in [-0.39, 0.29) is 42.0 Å².